The predicted molar refractivity (Wildman–Crippen MR) is 69.0 cm³/mol. The second kappa shape index (κ2) is 5.12. The normalized spacial score (nSPS) is 9.61. The molecule has 18 heavy (non-hydrogen) atoms. The van der Waals surface area contributed by atoms with Gasteiger partial charge in [-0.3, -0.25) is 5.43 Å². The van der Waals surface area contributed by atoms with E-state index in [1.165, 1.54) is 0 Å². The van der Waals surface area contributed by atoms with Gasteiger partial charge in [0.25, 0.3) is 0 Å². The van der Waals surface area contributed by atoms with Crippen molar-refractivity contribution >= 4 is 17.5 Å². The van der Waals surface area contributed by atoms with E-state index in [-0.39, 0.29) is 0 Å². The summed E-state index contributed by atoms with van der Waals surface area (Å²) in [4.78, 5) is 8.06. The molecule has 0 bridgehead atoms. The van der Waals surface area contributed by atoms with Crippen LogP contribution in [0.1, 0.15) is 11.1 Å². The molecule has 2 aromatic rings. The van der Waals surface area contributed by atoms with Crippen LogP contribution in [0, 0.1) is 18.3 Å². The number of hydrogen-bond acceptors (Lipinski definition) is 6. The third kappa shape index (κ3) is 2.53. The second-order valence-electron chi connectivity index (χ2n) is 3.68. The maximum absolute atomic E-state index is 8.87. The average molecular weight is 240 g/mol. The van der Waals surface area contributed by atoms with Crippen LogP contribution in [0.4, 0.5) is 17.5 Å². The average Bonchev–Trinajstić information content (AvgIpc) is 2.41. The van der Waals surface area contributed by atoms with Crippen molar-refractivity contribution in [2.24, 2.45) is 5.84 Å². The summed E-state index contributed by atoms with van der Waals surface area (Å²) in [5.41, 5.74) is 4.82. The Hall–Kier alpha value is -2.65. The Labute approximate surface area is 104 Å². The summed E-state index contributed by atoms with van der Waals surface area (Å²) in [5, 5.41) is 12.0. The molecule has 4 N–H and O–H groups in total. The van der Waals surface area contributed by atoms with Crippen molar-refractivity contribution in [1.29, 1.82) is 5.26 Å². The molecule has 0 aliphatic rings. The highest BCUT2D eigenvalue weighted by Gasteiger charge is 2.03. The lowest BCUT2D eigenvalue weighted by molar-refractivity contribution is 1.12. The highest BCUT2D eigenvalue weighted by atomic mass is 15.3. The molecule has 0 aliphatic heterocycles. The molecule has 0 saturated carbocycles. The first-order valence-corrected chi connectivity index (χ1v) is 5.30. The van der Waals surface area contributed by atoms with Crippen molar-refractivity contribution in [1.82, 2.24) is 9.97 Å². The van der Waals surface area contributed by atoms with E-state index in [1.54, 1.807) is 24.4 Å². The zero-order chi connectivity index (χ0) is 13.0. The molecule has 0 fully saturated rings. The third-order valence-electron chi connectivity index (χ3n) is 2.41. The van der Waals surface area contributed by atoms with Crippen LogP contribution in [0.15, 0.2) is 30.5 Å². The van der Waals surface area contributed by atoms with E-state index in [9.17, 15) is 0 Å². The number of nitrogens with one attached hydrogen (secondary N) is 2. The number of aryl methyl sites for hydroxylation is 1. The molecule has 6 heteroatoms. The van der Waals surface area contributed by atoms with Gasteiger partial charge in [-0.2, -0.15) is 10.2 Å². The van der Waals surface area contributed by atoms with Gasteiger partial charge in [0.15, 0.2) is 0 Å². The first-order valence-electron chi connectivity index (χ1n) is 5.30. The van der Waals surface area contributed by atoms with E-state index in [0.29, 0.717) is 17.3 Å². The van der Waals surface area contributed by atoms with Gasteiger partial charge in [0, 0.05) is 11.9 Å². The second-order valence-corrected chi connectivity index (χ2v) is 3.68. The Bertz CT molecular complexity index is 602. The van der Waals surface area contributed by atoms with Crippen LogP contribution in [0.25, 0.3) is 0 Å². The highest BCUT2D eigenvalue weighted by molar-refractivity contribution is 5.63. The Morgan fingerprint density at radius 1 is 1.33 bits per heavy atom. The molecule has 1 aromatic heterocycles. The van der Waals surface area contributed by atoms with Crippen LogP contribution < -0.4 is 16.6 Å². The number of nitrogens with two attached hydrogens (primary N) is 1. The van der Waals surface area contributed by atoms with Gasteiger partial charge in [-0.05, 0) is 30.7 Å². The molecule has 1 heterocycles. The van der Waals surface area contributed by atoms with Crippen molar-refractivity contribution < 1.29 is 0 Å². The monoisotopic (exact) mass is 240 g/mol. The molecular formula is C12H12N6. The number of anilines is 3. The summed E-state index contributed by atoms with van der Waals surface area (Å²) in [6.07, 6.45) is 1.59. The van der Waals surface area contributed by atoms with Gasteiger partial charge < -0.3 is 5.32 Å². The molecule has 6 nitrogen and oxygen atoms in total. The van der Waals surface area contributed by atoms with Gasteiger partial charge in [-0.1, -0.05) is 6.07 Å². The maximum Gasteiger partial charge on any atom is 0.239 e. The summed E-state index contributed by atoms with van der Waals surface area (Å²) < 4.78 is 0. The molecule has 0 amide bonds. The number of nitrogens with zero attached hydrogens (tertiary/aromatic N) is 3. The topological polar surface area (TPSA) is 99.7 Å². The lowest BCUT2D eigenvalue weighted by atomic mass is 10.1. The third-order valence-corrected chi connectivity index (χ3v) is 2.41. The molecule has 1 aromatic carbocycles. The first-order chi connectivity index (χ1) is 8.72. The summed E-state index contributed by atoms with van der Waals surface area (Å²) in [5.74, 6) is 6.18. The fourth-order valence-electron chi connectivity index (χ4n) is 1.46. The van der Waals surface area contributed by atoms with Crippen LogP contribution in [0.3, 0.4) is 0 Å². The molecule has 0 atom stereocenters. The Balaban J connectivity index is 2.30. The first kappa shape index (κ1) is 11.8. The zero-order valence-corrected chi connectivity index (χ0v) is 9.81. The SMILES string of the molecule is Cc1ccc(C#N)cc1Nc1ccnc(NN)n1. The lowest BCUT2D eigenvalue weighted by Gasteiger charge is -2.09. The largest absolute Gasteiger partial charge is 0.340 e. The lowest BCUT2D eigenvalue weighted by Crippen LogP contribution is -2.11. The van der Waals surface area contributed by atoms with Gasteiger partial charge >= 0.3 is 0 Å². The fraction of sp³-hybridized carbons (Fsp3) is 0.0833. The van der Waals surface area contributed by atoms with Gasteiger partial charge in [-0.25, -0.2) is 10.8 Å². The summed E-state index contributed by atoms with van der Waals surface area (Å²) in [6.45, 7) is 1.95. The van der Waals surface area contributed by atoms with Gasteiger partial charge in [0.05, 0.1) is 11.6 Å². The summed E-state index contributed by atoms with van der Waals surface area (Å²) in [6, 6.07) is 9.24. The molecule has 0 radical (unpaired) electrons. The minimum absolute atomic E-state index is 0.328. The molecular weight excluding hydrogens is 228 g/mol. The van der Waals surface area contributed by atoms with Gasteiger partial charge in [0.1, 0.15) is 5.82 Å². The van der Waals surface area contributed by atoms with Crippen LogP contribution in [0.2, 0.25) is 0 Å². The molecule has 0 aliphatic carbocycles. The molecule has 0 unspecified atom stereocenters. The van der Waals surface area contributed by atoms with Crippen LogP contribution in [-0.4, -0.2) is 9.97 Å². The Morgan fingerprint density at radius 2 is 2.17 bits per heavy atom. The van der Waals surface area contributed by atoms with E-state index in [0.717, 1.165) is 11.3 Å². The van der Waals surface area contributed by atoms with E-state index in [4.69, 9.17) is 11.1 Å². The van der Waals surface area contributed by atoms with E-state index >= 15 is 0 Å². The summed E-state index contributed by atoms with van der Waals surface area (Å²) in [7, 11) is 0. The van der Waals surface area contributed by atoms with E-state index in [2.05, 4.69) is 26.8 Å². The van der Waals surface area contributed by atoms with Crippen molar-refractivity contribution in [3.05, 3.63) is 41.6 Å². The van der Waals surface area contributed by atoms with Crippen molar-refractivity contribution in [3.63, 3.8) is 0 Å². The smallest absolute Gasteiger partial charge is 0.239 e. The van der Waals surface area contributed by atoms with Crippen molar-refractivity contribution in [2.45, 2.75) is 6.92 Å². The number of rotatable bonds is 3. The predicted octanol–water partition coefficient (Wildman–Crippen LogP) is 1.69. The standard InChI is InChI=1S/C12H12N6/c1-8-2-3-9(7-13)6-10(8)16-11-4-5-15-12(17-11)18-14/h2-6H,14H2,1H3,(H2,15,16,17,18). The van der Waals surface area contributed by atoms with Crippen molar-refractivity contribution in [3.8, 4) is 6.07 Å². The van der Waals surface area contributed by atoms with E-state index in [1.807, 2.05) is 13.0 Å². The Kier molecular flexibility index (Phi) is 3.36. The van der Waals surface area contributed by atoms with E-state index < -0.39 is 0 Å². The molecule has 90 valence electrons. The minimum Gasteiger partial charge on any atom is -0.340 e. The molecule has 0 saturated heterocycles. The Morgan fingerprint density at radius 3 is 2.89 bits per heavy atom. The number of benzene rings is 1. The van der Waals surface area contributed by atoms with Gasteiger partial charge in [0.2, 0.25) is 5.95 Å². The number of nitrogen functional groups attached to an aromatic ring is 1. The molecule has 2 rings (SSSR count). The van der Waals surface area contributed by atoms with Crippen molar-refractivity contribution in [2.75, 3.05) is 10.7 Å². The number of hydrogen-bond donors (Lipinski definition) is 3. The number of nitriles is 1. The van der Waals surface area contributed by atoms with Crippen LogP contribution in [0.5, 0.6) is 0 Å². The fourth-order valence-corrected chi connectivity index (χ4v) is 1.46. The zero-order valence-electron chi connectivity index (χ0n) is 9.81. The maximum atomic E-state index is 8.87. The molecule has 0 spiro atoms. The summed E-state index contributed by atoms with van der Waals surface area (Å²) >= 11 is 0. The van der Waals surface area contributed by atoms with Gasteiger partial charge in [-0.15, -0.1) is 0 Å². The van der Waals surface area contributed by atoms with Crippen LogP contribution >= 0.6 is 0 Å². The quantitative estimate of drug-likeness (QED) is 0.557. The minimum atomic E-state index is 0.328. The number of hydrazine groups is 1. The highest BCUT2D eigenvalue weighted by Crippen LogP contribution is 2.20. The number of aromatic nitrogens is 2. The van der Waals surface area contributed by atoms with Crippen LogP contribution in [-0.2, 0) is 0 Å².